The molecule has 0 saturated heterocycles. The number of ketones is 1. The van der Waals surface area contributed by atoms with Gasteiger partial charge in [0, 0.05) is 19.4 Å². The number of carbonyl (C=O) groups excluding carboxylic acids is 1. The Bertz CT molecular complexity index is 207. The van der Waals surface area contributed by atoms with E-state index in [1.165, 1.54) is 19.3 Å². The standard InChI is InChI=1S/C12H20O2/c1-14-12(7-4-8-12)9-11(13)10-5-2-3-6-10/h10H,2-9H2,1H3. The van der Waals surface area contributed by atoms with Gasteiger partial charge in [-0.15, -0.1) is 0 Å². The van der Waals surface area contributed by atoms with E-state index >= 15 is 0 Å². The number of rotatable bonds is 4. The van der Waals surface area contributed by atoms with Crippen LogP contribution in [0.5, 0.6) is 0 Å². The van der Waals surface area contributed by atoms with Crippen molar-refractivity contribution in [3.05, 3.63) is 0 Å². The Kier molecular flexibility index (Phi) is 2.91. The van der Waals surface area contributed by atoms with Gasteiger partial charge in [0.25, 0.3) is 0 Å². The maximum Gasteiger partial charge on any atom is 0.138 e. The number of carbonyl (C=O) groups is 1. The zero-order valence-corrected chi connectivity index (χ0v) is 9.05. The molecule has 0 heterocycles. The van der Waals surface area contributed by atoms with Crippen molar-refractivity contribution >= 4 is 5.78 Å². The second-order valence-corrected chi connectivity index (χ2v) is 4.87. The Labute approximate surface area is 86.0 Å². The van der Waals surface area contributed by atoms with Crippen LogP contribution >= 0.6 is 0 Å². The second-order valence-electron chi connectivity index (χ2n) is 4.87. The average Bonchev–Trinajstić information content (AvgIpc) is 2.63. The van der Waals surface area contributed by atoms with Gasteiger partial charge in [0.2, 0.25) is 0 Å². The van der Waals surface area contributed by atoms with Gasteiger partial charge in [-0.1, -0.05) is 12.8 Å². The van der Waals surface area contributed by atoms with Crippen LogP contribution in [0.1, 0.15) is 51.4 Å². The number of ether oxygens (including phenoxy) is 1. The lowest BCUT2D eigenvalue weighted by Crippen LogP contribution is -2.42. The highest BCUT2D eigenvalue weighted by atomic mass is 16.5. The van der Waals surface area contributed by atoms with Crippen molar-refractivity contribution in [2.75, 3.05) is 7.11 Å². The summed E-state index contributed by atoms with van der Waals surface area (Å²) in [5.41, 5.74) is -0.0559. The molecule has 0 atom stereocenters. The molecule has 2 nitrogen and oxygen atoms in total. The van der Waals surface area contributed by atoms with Gasteiger partial charge < -0.3 is 4.74 Å². The van der Waals surface area contributed by atoms with Gasteiger partial charge in [0.1, 0.15) is 5.78 Å². The minimum atomic E-state index is -0.0559. The molecule has 14 heavy (non-hydrogen) atoms. The van der Waals surface area contributed by atoms with Gasteiger partial charge in [-0.2, -0.15) is 0 Å². The van der Waals surface area contributed by atoms with Crippen LogP contribution in [-0.4, -0.2) is 18.5 Å². The molecule has 2 saturated carbocycles. The van der Waals surface area contributed by atoms with Crippen LogP contribution in [0.25, 0.3) is 0 Å². The summed E-state index contributed by atoms with van der Waals surface area (Å²) in [6.07, 6.45) is 8.81. The molecule has 80 valence electrons. The lowest BCUT2D eigenvalue weighted by atomic mass is 9.75. The summed E-state index contributed by atoms with van der Waals surface area (Å²) in [6, 6.07) is 0. The molecule has 0 amide bonds. The first-order valence-electron chi connectivity index (χ1n) is 5.84. The maximum absolute atomic E-state index is 11.9. The first-order chi connectivity index (χ1) is 6.76. The summed E-state index contributed by atoms with van der Waals surface area (Å²) in [4.78, 5) is 11.9. The van der Waals surface area contributed by atoms with E-state index in [1.54, 1.807) is 7.11 Å². The molecule has 2 aliphatic rings. The third-order valence-corrected chi connectivity index (χ3v) is 4.00. The predicted octanol–water partition coefficient (Wildman–Crippen LogP) is 2.70. The van der Waals surface area contributed by atoms with E-state index in [-0.39, 0.29) is 5.60 Å². The highest BCUT2D eigenvalue weighted by Crippen LogP contribution is 2.40. The van der Waals surface area contributed by atoms with Crippen LogP contribution in [0.2, 0.25) is 0 Å². The summed E-state index contributed by atoms with van der Waals surface area (Å²) in [7, 11) is 1.75. The summed E-state index contributed by atoms with van der Waals surface area (Å²) in [5, 5.41) is 0. The van der Waals surface area contributed by atoms with Gasteiger partial charge in [0.05, 0.1) is 5.60 Å². The molecular weight excluding hydrogens is 176 g/mol. The molecule has 0 aromatic carbocycles. The van der Waals surface area contributed by atoms with E-state index in [1.807, 2.05) is 0 Å². The third-order valence-electron chi connectivity index (χ3n) is 4.00. The zero-order chi connectivity index (χ0) is 10.0. The second kappa shape index (κ2) is 4.01. The Morgan fingerprint density at radius 3 is 2.36 bits per heavy atom. The molecule has 2 aliphatic carbocycles. The van der Waals surface area contributed by atoms with Crippen molar-refractivity contribution in [3.63, 3.8) is 0 Å². The quantitative estimate of drug-likeness (QED) is 0.691. The van der Waals surface area contributed by atoms with Crippen molar-refractivity contribution in [1.29, 1.82) is 0 Å². The fraction of sp³-hybridized carbons (Fsp3) is 0.917. The third kappa shape index (κ3) is 1.85. The van der Waals surface area contributed by atoms with Gasteiger partial charge in [0.15, 0.2) is 0 Å². The normalized spacial score (nSPS) is 26.1. The summed E-state index contributed by atoms with van der Waals surface area (Å²) >= 11 is 0. The van der Waals surface area contributed by atoms with Crippen molar-refractivity contribution in [3.8, 4) is 0 Å². The molecule has 0 spiro atoms. The molecule has 0 aromatic heterocycles. The van der Waals surface area contributed by atoms with E-state index in [0.717, 1.165) is 25.7 Å². The van der Waals surface area contributed by atoms with E-state index in [9.17, 15) is 4.79 Å². The fourth-order valence-corrected chi connectivity index (χ4v) is 2.73. The predicted molar refractivity (Wildman–Crippen MR) is 55.2 cm³/mol. The highest BCUT2D eigenvalue weighted by molar-refractivity contribution is 5.82. The Balaban J connectivity index is 1.86. The largest absolute Gasteiger partial charge is 0.378 e. The van der Waals surface area contributed by atoms with Crippen molar-refractivity contribution in [2.45, 2.75) is 57.0 Å². The smallest absolute Gasteiger partial charge is 0.138 e. The molecule has 0 aliphatic heterocycles. The average molecular weight is 196 g/mol. The molecule has 0 bridgehead atoms. The van der Waals surface area contributed by atoms with E-state index in [4.69, 9.17) is 4.74 Å². The van der Waals surface area contributed by atoms with Crippen molar-refractivity contribution in [1.82, 2.24) is 0 Å². The van der Waals surface area contributed by atoms with Crippen LogP contribution < -0.4 is 0 Å². The summed E-state index contributed by atoms with van der Waals surface area (Å²) < 4.78 is 5.48. The zero-order valence-electron chi connectivity index (χ0n) is 9.05. The summed E-state index contributed by atoms with van der Waals surface area (Å²) in [6.45, 7) is 0. The lowest BCUT2D eigenvalue weighted by Gasteiger charge is -2.40. The SMILES string of the molecule is COC1(CC(=O)C2CCCC2)CCC1. The van der Waals surface area contributed by atoms with Crippen LogP contribution in [-0.2, 0) is 9.53 Å². The fourth-order valence-electron chi connectivity index (χ4n) is 2.73. The topological polar surface area (TPSA) is 26.3 Å². The van der Waals surface area contributed by atoms with Crippen molar-refractivity contribution in [2.24, 2.45) is 5.92 Å². The molecule has 0 N–H and O–H groups in total. The van der Waals surface area contributed by atoms with Crippen LogP contribution in [0.15, 0.2) is 0 Å². The first-order valence-corrected chi connectivity index (χ1v) is 5.84. The minimum absolute atomic E-state index is 0.0559. The Hall–Kier alpha value is -0.370. The van der Waals surface area contributed by atoms with Crippen LogP contribution in [0, 0.1) is 5.92 Å². The molecule has 2 heteroatoms. The highest BCUT2D eigenvalue weighted by Gasteiger charge is 2.40. The summed E-state index contributed by atoms with van der Waals surface area (Å²) in [5.74, 6) is 0.826. The minimum Gasteiger partial charge on any atom is -0.378 e. The Morgan fingerprint density at radius 2 is 1.93 bits per heavy atom. The van der Waals surface area contributed by atoms with Crippen LogP contribution in [0.4, 0.5) is 0 Å². The number of hydrogen-bond donors (Lipinski definition) is 0. The van der Waals surface area contributed by atoms with Gasteiger partial charge in [-0.05, 0) is 32.1 Å². The molecule has 2 fully saturated rings. The van der Waals surface area contributed by atoms with Gasteiger partial charge >= 0.3 is 0 Å². The number of methoxy groups -OCH3 is 1. The molecule has 2 rings (SSSR count). The number of hydrogen-bond acceptors (Lipinski definition) is 2. The van der Waals surface area contributed by atoms with E-state index in [2.05, 4.69) is 0 Å². The molecular formula is C12H20O2. The van der Waals surface area contributed by atoms with Crippen molar-refractivity contribution < 1.29 is 9.53 Å². The van der Waals surface area contributed by atoms with E-state index in [0.29, 0.717) is 18.1 Å². The van der Waals surface area contributed by atoms with Gasteiger partial charge in [-0.25, -0.2) is 0 Å². The van der Waals surface area contributed by atoms with Gasteiger partial charge in [-0.3, -0.25) is 4.79 Å². The maximum atomic E-state index is 11.9. The monoisotopic (exact) mass is 196 g/mol. The van der Waals surface area contributed by atoms with E-state index < -0.39 is 0 Å². The lowest BCUT2D eigenvalue weighted by molar-refractivity contribution is -0.135. The molecule has 0 unspecified atom stereocenters. The van der Waals surface area contributed by atoms with Crippen LogP contribution in [0.3, 0.4) is 0 Å². The molecule has 0 aromatic rings. The Morgan fingerprint density at radius 1 is 1.29 bits per heavy atom. The first kappa shape index (κ1) is 10.2. The number of Topliss-reactive ketones (excluding diaryl/α,β-unsaturated/α-hetero) is 1. The molecule has 0 radical (unpaired) electrons.